The van der Waals surface area contributed by atoms with Crippen LogP contribution < -0.4 is 5.32 Å². The number of carbonyl (C=O) groups excluding carboxylic acids is 4. The molecule has 1 aliphatic rings. The lowest BCUT2D eigenvalue weighted by Gasteiger charge is -2.23. The molecule has 1 atom stereocenters. The number of nitrogens with zero attached hydrogens (tertiary/aromatic N) is 1. The number of aromatic amines is 1. The van der Waals surface area contributed by atoms with Gasteiger partial charge in [0.05, 0.1) is 0 Å². The monoisotopic (exact) mass is 385 g/mol. The number of fused-ring (bicyclic) bond motifs is 1. The fourth-order valence-corrected chi connectivity index (χ4v) is 3.46. The van der Waals surface area contributed by atoms with Crippen LogP contribution in [0.15, 0.2) is 30.5 Å². The van der Waals surface area contributed by atoms with Gasteiger partial charge in [-0.25, -0.2) is 4.79 Å². The summed E-state index contributed by atoms with van der Waals surface area (Å²) in [4.78, 5) is 53.5. The van der Waals surface area contributed by atoms with Gasteiger partial charge in [0, 0.05) is 22.7 Å². The molecule has 1 aromatic carbocycles. The van der Waals surface area contributed by atoms with Gasteiger partial charge in [0.2, 0.25) is 5.78 Å². The van der Waals surface area contributed by atoms with Crippen molar-refractivity contribution in [3.05, 3.63) is 36.0 Å². The summed E-state index contributed by atoms with van der Waals surface area (Å²) in [6, 6.07) is 6.68. The molecule has 0 aliphatic carbocycles. The third-order valence-electron chi connectivity index (χ3n) is 5.27. The Morgan fingerprint density at radius 3 is 2.50 bits per heavy atom. The largest absolute Gasteiger partial charge is 0.453 e. The summed E-state index contributed by atoms with van der Waals surface area (Å²) in [6.45, 7) is 4.53. The quantitative estimate of drug-likeness (QED) is 0.432. The van der Waals surface area contributed by atoms with Crippen molar-refractivity contribution in [2.45, 2.75) is 45.3 Å². The minimum atomic E-state index is -1.05. The van der Waals surface area contributed by atoms with Gasteiger partial charge in [-0.2, -0.15) is 0 Å². The van der Waals surface area contributed by atoms with Gasteiger partial charge in [0.1, 0.15) is 12.1 Å². The lowest BCUT2D eigenvalue weighted by atomic mass is 9.93. The third-order valence-corrected chi connectivity index (χ3v) is 5.27. The van der Waals surface area contributed by atoms with Crippen molar-refractivity contribution in [2.75, 3.05) is 6.54 Å². The highest BCUT2D eigenvalue weighted by Gasteiger charge is 2.49. The number of aromatic nitrogens is 1. The molecule has 2 aromatic rings. The highest BCUT2D eigenvalue weighted by atomic mass is 16.5. The van der Waals surface area contributed by atoms with E-state index in [1.54, 1.807) is 26.1 Å². The number of nitrogens with one attached hydrogen (secondary N) is 2. The fraction of sp³-hybridized carbons (Fsp3) is 0.400. The molecule has 8 nitrogen and oxygen atoms in total. The van der Waals surface area contributed by atoms with E-state index in [2.05, 4.69) is 10.3 Å². The first-order valence-corrected chi connectivity index (χ1v) is 9.27. The lowest BCUT2D eigenvalue weighted by Crippen LogP contribution is -2.46. The molecule has 1 aromatic heterocycles. The van der Waals surface area contributed by atoms with E-state index < -0.39 is 36.1 Å². The number of hydrogen-bond acceptors (Lipinski definition) is 5. The summed E-state index contributed by atoms with van der Waals surface area (Å²) in [5, 5.41) is 3.39. The zero-order chi connectivity index (χ0) is 20.5. The number of carbonyl (C=O) groups is 4. The predicted octanol–water partition coefficient (Wildman–Crippen LogP) is 2.39. The highest BCUT2D eigenvalue weighted by Crippen LogP contribution is 2.25. The number of rotatable bonds is 7. The number of ketones is 1. The van der Waals surface area contributed by atoms with Gasteiger partial charge in [-0.1, -0.05) is 32.0 Å². The Balaban J connectivity index is 1.67. The fourth-order valence-electron chi connectivity index (χ4n) is 3.46. The highest BCUT2D eigenvalue weighted by molar-refractivity contribution is 6.11. The molecule has 1 saturated heterocycles. The number of hydrogen-bond donors (Lipinski definition) is 2. The zero-order valence-electron chi connectivity index (χ0n) is 16.1. The third kappa shape index (κ3) is 3.26. The van der Waals surface area contributed by atoms with E-state index in [9.17, 15) is 19.2 Å². The Hall–Kier alpha value is -3.16. The van der Waals surface area contributed by atoms with Crippen LogP contribution in [-0.2, 0) is 14.3 Å². The number of H-pyrrole nitrogens is 1. The van der Waals surface area contributed by atoms with Gasteiger partial charge < -0.3 is 15.0 Å². The molecule has 1 aliphatic heterocycles. The standard InChI is InChI=1S/C20H23N3O5/c1-4-20(5-2)18(26)23(19(27)22-20)11-16(24)28-12(3)17(25)14-10-21-15-9-7-6-8-13(14)15/h6-10,12,21H,4-5,11H2,1-3H3,(H,22,27)/t12-/m1/s1. The second-order valence-corrected chi connectivity index (χ2v) is 6.85. The van der Waals surface area contributed by atoms with Crippen LogP contribution in [0.5, 0.6) is 0 Å². The number of Topliss-reactive ketones (excluding diaryl/α,β-unsaturated/α-hetero) is 1. The van der Waals surface area contributed by atoms with Crippen LogP contribution in [-0.4, -0.2) is 51.8 Å². The first kappa shape index (κ1) is 19.6. The molecule has 0 bridgehead atoms. The van der Waals surface area contributed by atoms with E-state index in [1.165, 1.54) is 6.92 Å². The van der Waals surface area contributed by atoms with Crippen molar-refractivity contribution in [3.63, 3.8) is 0 Å². The summed E-state index contributed by atoms with van der Waals surface area (Å²) >= 11 is 0. The van der Waals surface area contributed by atoms with Gasteiger partial charge in [0.25, 0.3) is 5.91 Å². The molecule has 3 amide bonds. The second kappa shape index (κ2) is 7.46. The second-order valence-electron chi connectivity index (χ2n) is 6.85. The maximum absolute atomic E-state index is 12.7. The molecular formula is C20H23N3O5. The lowest BCUT2D eigenvalue weighted by molar-refractivity contribution is -0.150. The first-order chi connectivity index (χ1) is 13.3. The van der Waals surface area contributed by atoms with Crippen molar-refractivity contribution >= 4 is 34.6 Å². The number of para-hydroxylation sites is 1. The van der Waals surface area contributed by atoms with E-state index in [4.69, 9.17) is 4.74 Å². The minimum Gasteiger partial charge on any atom is -0.453 e. The van der Waals surface area contributed by atoms with Gasteiger partial charge in [-0.3, -0.25) is 19.3 Å². The van der Waals surface area contributed by atoms with Crippen LogP contribution >= 0.6 is 0 Å². The number of esters is 1. The van der Waals surface area contributed by atoms with Crippen molar-refractivity contribution in [3.8, 4) is 0 Å². The maximum Gasteiger partial charge on any atom is 0.326 e. The number of urea groups is 1. The maximum atomic E-state index is 12.7. The van der Waals surface area contributed by atoms with E-state index in [-0.39, 0.29) is 5.78 Å². The molecule has 148 valence electrons. The van der Waals surface area contributed by atoms with E-state index in [1.807, 2.05) is 18.2 Å². The molecule has 1 fully saturated rings. The Kier molecular flexibility index (Phi) is 5.22. The van der Waals surface area contributed by atoms with Crippen LogP contribution in [0.25, 0.3) is 10.9 Å². The SMILES string of the molecule is CCC1(CC)NC(=O)N(CC(=O)O[C@H](C)C(=O)c2c[nH]c3ccccc23)C1=O. The first-order valence-electron chi connectivity index (χ1n) is 9.27. The van der Waals surface area contributed by atoms with Crippen LogP contribution in [0.4, 0.5) is 4.79 Å². The van der Waals surface area contributed by atoms with Gasteiger partial charge in [0.15, 0.2) is 6.10 Å². The summed E-state index contributed by atoms with van der Waals surface area (Å²) in [6.07, 6.45) is 1.38. The predicted molar refractivity (Wildman–Crippen MR) is 102 cm³/mol. The smallest absolute Gasteiger partial charge is 0.326 e. The van der Waals surface area contributed by atoms with Crippen LogP contribution in [0.1, 0.15) is 44.0 Å². The molecule has 0 spiro atoms. The van der Waals surface area contributed by atoms with Crippen molar-refractivity contribution in [1.29, 1.82) is 0 Å². The Labute approximate surface area is 162 Å². The molecule has 3 rings (SSSR count). The molecular weight excluding hydrogens is 362 g/mol. The minimum absolute atomic E-state index is 0.362. The van der Waals surface area contributed by atoms with Crippen molar-refractivity contribution in [1.82, 2.24) is 15.2 Å². The van der Waals surface area contributed by atoms with Gasteiger partial charge in [-0.15, -0.1) is 0 Å². The van der Waals surface area contributed by atoms with Crippen LogP contribution in [0.3, 0.4) is 0 Å². The normalized spacial score (nSPS) is 16.9. The van der Waals surface area contributed by atoms with Crippen molar-refractivity contribution < 1.29 is 23.9 Å². The number of imide groups is 1. The summed E-state index contributed by atoms with van der Waals surface area (Å²) in [7, 11) is 0. The summed E-state index contributed by atoms with van der Waals surface area (Å²) in [5.74, 6) is -1.62. The molecule has 0 unspecified atom stereocenters. The van der Waals surface area contributed by atoms with E-state index in [0.29, 0.717) is 18.4 Å². The molecule has 28 heavy (non-hydrogen) atoms. The Morgan fingerprint density at radius 2 is 1.86 bits per heavy atom. The van der Waals surface area contributed by atoms with Crippen molar-refractivity contribution in [2.24, 2.45) is 0 Å². The Bertz CT molecular complexity index is 944. The van der Waals surface area contributed by atoms with E-state index in [0.717, 1.165) is 15.8 Å². The van der Waals surface area contributed by atoms with Gasteiger partial charge >= 0.3 is 12.0 Å². The van der Waals surface area contributed by atoms with Crippen LogP contribution in [0.2, 0.25) is 0 Å². The number of amides is 3. The number of benzene rings is 1. The average molecular weight is 385 g/mol. The topological polar surface area (TPSA) is 109 Å². The number of ether oxygens (including phenoxy) is 1. The molecule has 8 heteroatoms. The summed E-state index contributed by atoms with van der Waals surface area (Å²) in [5.41, 5.74) is 0.240. The van der Waals surface area contributed by atoms with E-state index >= 15 is 0 Å². The molecule has 2 heterocycles. The zero-order valence-corrected chi connectivity index (χ0v) is 16.1. The molecule has 0 radical (unpaired) electrons. The average Bonchev–Trinajstić information content (AvgIpc) is 3.22. The van der Waals surface area contributed by atoms with Crippen LogP contribution in [0, 0.1) is 0 Å². The Morgan fingerprint density at radius 1 is 1.18 bits per heavy atom. The van der Waals surface area contributed by atoms with Gasteiger partial charge in [-0.05, 0) is 25.8 Å². The summed E-state index contributed by atoms with van der Waals surface area (Å²) < 4.78 is 5.20. The molecule has 0 saturated carbocycles. The molecule has 2 N–H and O–H groups in total.